The summed E-state index contributed by atoms with van der Waals surface area (Å²) in [4.78, 5) is 12.1. The Balaban J connectivity index is 1.76. The van der Waals surface area contributed by atoms with Crippen LogP contribution in [0.5, 0.6) is 0 Å². The highest BCUT2D eigenvalue weighted by molar-refractivity contribution is 6.31. The highest BCUT2D eigenvalue weighted by atomic mass is 19.1. The molecule has 2 aromatic carbocycles. The lowest BCUT2D eigenvalue weighted by Gasteiger charge is -2.18. The number of benzene rings is 2. The van der Waals surface area contributed by atoms with E-state index in [2.05, 4.69) is 16.0 Å². The van der Waals surface area contributed by atoms with Gasteiger partial charge >= 0.3 is 0 Å². The van der Waals surface area contributed by atoms with Gasteiger partial charge in [0.05, 0.1) is 17.9 Å². The van der Waals surface area contributed by atoms with Crippen molar-refractivity contribution in [1.29, 1.82) is 0 Å². The van der Waals surface area contributed by atoms with Crippen LogP contribution in [0.2, 0.25) is 0 Å². The van der Waals surface area contributed by atoms with Crippen molar-refractivity contribution < 1.29 is 18.3 Å². The molecule has 3 N–H and O–H groups in total. The fraction of sp³-hybridized carbons (Fsp3) is 0.250. The normalized spacial score (nSPS) is 15.4. The Morgan fingerprint density at radius 2 is 2.04 bits per heavy atom. The lowest BCUT2D eigenvalue weighted by Crippen LogP contribution is -2.24. The van der Waals surface area contributed by atoms with Gasteiger partial charge in [-0.25, -0.2) is 8.78 Å². The predicted molar refractivity (Wildman–Crippen MR) is 103 cm³/mol. The van der Waals surface area contributed by atoms with Gasteiger partial charge in [0.1, 0.15) is 11.6 Å². The number of fused-ring (bicyclic) bond motifs is 1. The first-order chi connectivity index (χ1) is 13.0. The largest absolute Gasteiger partial charge is 0.383 e. The van der Waals surface area contributed by atoms with E-state index in [1.165, 1.54) is 30.5 Å². The molecule has 0 bridgehead atoms. The molecule has 1 aliphatic rings. The Hall–Kier alpha value is -2.93. The van der Waals surface area contributed by atoms with Crippen LogP contribution in [0.4, 0.5) is 25.8 Å². The molecule has 7 heteroatoms. The summed E-state index contributed by atoms with van der Waals surface area (Å²) in [6, 6.07) is 8.74. The second-order valence-corrected chi connectivity index (χ2v) is 6.25. The van der Waals surface area contributed by atoms with Crippen molar-refractivity contribution in [2.24, 2.45) is 0 Å². The molecule has 0 spiro atoms. The molecule has 142 valence electrons. The molecule has 1 unspecified atom stereocenters. The molecule has 27 heavy (non-hydrogen) atoms. The van der Waals surface area contributed by atoms with Crippen LogP contribution >= 0.6 is 0 Å². The third kappa shape index (κ3) is 4.25. The van der Waals surface area contributed by atoms with Gasteiger partial charge in [-0.2, -0.15) is 0 Å². The van der Waals surface area contributed by atoms with Crippen LogP contribution in [0, 0.1) is 11.6 Å². The first-order valence-corrected chi connectivity index (χ1v) is 8.64. The average Bonchev–Trinajstić information content (AvgIpc) is 2.95. The fourth-order valence-electron chi connectivity index (χ4n) is 2.86. The van der Waals surface area contributed by atoms with Gasteiger partial charge in [-0.1, -0.05) is 6.92 Å². The maximum absolute atomic E-state index is 14.4. The van der Waals surface area contributed by atoms with E-state index in [4.69, 9.17) is 4.74 Å². The zero-order valence-corrected chi connectivity index (χ0v) is 15.1. The summed E-state index contributed by atoms with van der Waals surface area (Å²) in [5.74, 6) is -1.19. The van der Waals surface area contributed by atoms with Crippen molar-refractivity contribution in [1.82, 2.24) is 0 Å². The summed E-state index contributed by atoms with van der Waals surface area (Å²) in [6.07, 6.45) is 2.24. The van der Waals surface area contributed by atoms with Gasteiger partial charge in [0.25, 0.3) is 5.91 Å². The summed E-state index contributed by atoms with van der Waals surface area (Å²) in [5.41, 5.74) is 2.16. The standard InChI is InChI=1S/C20H21F2N3O2/c1-3-13(11-27-2)24-19-7-5-14(9-17(19)22)23-10-16-15-8-12(21)4-6-18(15)25-20(16)26/h4-10,13,23-24H,3,11H2,1-2H3,(H,25,26). The minimum absolute atomic E-state index is 0.0130. The number of anilines is 3. The number of halogens is 2. The van der Waals surface area contributed by atoms with E-state index >= 15 is 0 Å². The average molecular weight is 373 g/mol. The van der Waals surface area contributed by atoms with Crippen molar-refractivity contribution in [3.63, 3.8) is 0 Å². The number of carbonyl (C=O) groups is 1. The summed E-state index contributed by atoms with van der Waals surface area (Å²) in [5, 5.41) is 8.66. The molecular weight excluding hydrogens is 352 g/mol. The molecule has 0 aromatic heterocycles. The van der Waals surface area contributed by atoms with Crippen LogP contribution < -0.4 is 16.0 Å². The molecule has 1 atom stereocenters. The van der Waals surface area contributed by atoms with Crippen LogP contribution in [0.1, 0.15) is 18.9 Å². The molecule has 2 aromatic rings. The maximum Gasteiger partial charge on any atom is 0.257 e. The topological polar surface area (TPSA) is 62.4 Å². The van der Waals surface area contributed by atoms with Crippen molar-refractivity contribution >= 4 is 28.5 Å². The zero-order valence-electron chi connectivity index (χ0n) is 15.1. The van der Waals surface area contributed by atoms with E-state index in [9.17, 15) is 13.6 Å². The van der Waals surface area contributed by atoms with Crippen molar-refractivity contribution in [2.45, 2.75) is 19.4 Å². The molecule has 0 saturated heterocycles. The molecule has 3 rings (SSSR count). The third-order valence-corrected chi connectivity index (χ3v) is 4.34. The summed E-state index contributed by atoms with van der Waals surface area (Å²) in [7, 11) is 1.60. The number of hydrogen-bond donors (Lipinski definition) is 3. The van der Waals surface area contributed by atoms with Gasteiger partial charge in [0.2, 0.25) is 0 Å². The van der Waals surface area contributed by atoms with Crippen molar-refractivity contribution in [3.05, 3.63) is 59.8 Å². The van der Waals surface area contributed by atoms with E-state index in [-0.39, 0.29) is 11.9 Å². The quantitative estimate of drug-likeness (QED) is 0.637. The molecule has 1 amide bonds. The molecule has 5 nitrogen and oxygen atoms in total. The highest BCUT2D eigenvalue weighted by Crippen LogP contribution is 2.32. The molecule has 0 saturated carbocycles. The van der Waals surface area contributed by atoms with Crippen LogP contribution in [-0.2, 0) is 9.53 Å². The van der Waals surface area contributed by atoms with E-state index in [1.807, 2.05) is 6.92 Å². The summed E-state index contributed by atoms with van der Waals surface area (Å²) >= 11 is 0. The lowest BCUT2D eigenvalue weighted by molar-refractivity contribution is -0.110. The number of nitrogens with one attached hydrogen (secondary N) is 3. The lowest BCUT2D eigenvalue weighted by atomic mass is 10.1. The van der Waals surface area contributed by atoms with E-state index in [1.54, 1.807) is 19.2 Å². The molecule has 0 aliphatic carbocycles. The van der Waals surface area contributed by atoms with Crippen molar-refractivity contribution in [3.8, 4) is 0 Å². The minimum atomic E-state index is -0.431. The first kappa shape index (κ1) is 18.8. The van der Waals surface area contributed by atoms with Gasteiger partial charge in [-0.05, 0) is 42.8 Å². The minimum Gasteiger partial charge on any atom is -0.383 e. The Bertz CT molecular complexity index is 884. The molecule has 0 radical (unpaired) electrons. The third-order valence-electron chi connectivity index (χ3n) is 4.34. The number of amides is 1. The predicted octanol–water partition coefficient (Wildman–Crippen LogP) is 4.21. The Morgan fingerprint density at radius 1 is 1.22 bits per heavy atom. The van der Waals surface area contributed by atoms with Crippen LogP contribution in [0.3, 0.4) is 0 Å². The SMILES string of the molecule is CCC(COC)Nc1ccc(NC=C2C(=O)Nc3ccc(F)cc32)cc1F. The monoisotopic (exact) mass is 373 g/mol. The number of ether oxygens (including phenoxy) is 1. The maximum atomic E-state index is 14.4. The van der Waals surface area contributed by atoms with Crippen LogP contribution in [0.25, 0.3) is 5.57 Å². The van der Waals surface area contributed by atoms with E-state index in [0.717, 1.165) is 6.42 Å². The van der Waals surface area contributed by atoms with Crippen LogP contribution in [0.15, 0.2) is 42.6 Å². The summed E-state index contributed by atoms with van der Waals surface area (Å²) < 4.78 is 32.9. The Labute approximate surface area is 156 Å². The number of rotatable bonds is 7. The van der Waals surface area contributed by atoms with Gasteiger partial charge in [0, 0.05) is 36.3 Å². The van der Waals surface area contributed by atoms with Gasteiger partial charge in [-0.3, -0.25) is 4.79 Å². The van der Waals surface area contributed by atoms with Crippen molar-refractivity contribution in [2.75, 3.05) is 29.7 Å². The molecule has 1 aliphatic heterocycles. The van der Waals surface area contributed by atoms with E-state index < -0.39 is 11.6 Å². The van der Waals surface area contributed by atoms with Gasteiger partial charge in [0.15, 0.2) is 0 Å². The number of methoxy groups -OCH3 is 1. The number of carbonyl (C=O) groups excluding carboxylic acids is 1. The summed E-state index contributed by atoms with van der Waals surface area (Å²) in [6.45, 7) is 2.47. The van der Waals surface area contributed by atoms with Gasteiger partial charge in [-0.15, -0.1) is 0 Å². The van der Waals surface area contributed by atoms with E-state index in [0.29, 0.717) is 34.8 Å². The Kier molecular flexibility index (Phi) is 5.71. The number of hydrogen-bond acceptors (Lipinski definition) is 4. The molecule has 1 heterocycles. The van der Waals surface area contributed by atoms with Crippen LogP contribution in [-0.4, -0.2) is 25.7 Å². The second kappa shape index (κ2) is 8.18. The molecular formula is C20H21F2N3O2. The second-order valence-electron chi connectivity index (χ2n) is 6.25. The molecule has 0 fully saturated rings. The zero-order chi connectivity index (χ0) is 19.4. The smallest absolute Gasteiger partial charge is 0.257 e. The highest BCUT2D eigenvalue weighted by Gasteiger charge is 2.24. The first-order valence-electron chi connectivity index (χ1n) is 8.64. The Morgan fingerprint density at radius 3 is 2.74 bits per heavy atom. The fourth-order valence-corrected chi connectivity index (χ4v) is 2.86. The van der Waals surface area contributed by atoms with Gasteiger partial charge < -0.3 is 20.7 Å².